The number of thiocarbonyl (C=S) groups is 1. The number of halogens is 1. The zero-order chi connectivity index (χ0) is 18.2. The van der Waals surface area contributed by atoms with E-state index in [1.165, 1.54) is 23.3 Å². The van der Waals surface area contributed by atoms with Crippen molar-refractivity contribution >= 4 is 23.0 Å². The molecule has 2 N–H and O–H groups in total. The van der Waals surface area contributed by atoms with Gasteiger partial charge in [0.05, 0.1) is 0 Å². The second-order valence-corrected chi connectivity index (χ2v) is 6.46. The van der Waals surface area contributed by atoms with Crippen molar-refractivity contribution in [3.8, 4) is 0 Å². The molecule has 0 amide bonds. The van der Waals surface area contributed by atoms with E-state index in [4.69, 9.17) is 12.2 Å². The topological polar surface area (TPSA) is 24.1 Å². The lowest BCUT2D eigenvalue weighted by Gasteiger charge is -2.19. The lowest BCUT2D eigenvalue weighted by molar-refractivity contribution is 0.628. The van der Waals surface area contributed by atoms with Crippen molar-refractivity contribution < 1.29 is 4.39 Å². The van der Waals surface area contributed by atoms with Crippen LogP contribution in [0.4, 0.5) is 10.1 Å². The molecule has 3 aromatic rings. The molecule has 0 aliphatic carbocycles. The van der Waals surface area contributed by atoms with Gasteiger partial charge in [0.2, 0.25) is 0 Å². The lowest BCUT2D eigenvalue weighted by atomic mass is 9.88. The first-order valence-corrected chi connectivity index (χ1v) is 9.03. The zero-order valence-electron chi connectivity index (χ0n) is 14.4. The van der Waals surface area contributed by atoms with Gasteiger partial charge in [0, 0.05) is 18.2 Å². The van der Waals surface area contributed by atoms with Gasteiger partial charge in [-0.15, -0.1) is 0 Å². The molecule has 4 heteroatoms. The van der Waals surface area contributed by atoms with E-state index in [2.05, 4.69) is 59.2 Å². The Bertz CT molecular complexity index is 798. The van der Waals surface area contributed by atoms with Crippen LogP contribution in [0.5, 0.6) is 0 Å². The summed E-state index contributed by atoms with van der Waals surface area (Å²) in [6.45, 7) is 0.718. The van der Waals surface area contributed by atoms with Crippen LogP contribution in [-0.4, -0.2) is 11.7 Å². The van der Waals surface area contributed by atoms with Crippen molar-refractivity contribution in [2.24, 2.45) is 0 Å². The zero-order valence-corrected chi connectivity index (χ0v) is 15.2. The second kappa shape index (κ2) is 9.11. The quantitative estimate of drug-likeness (QED) is 0.578. The van der Waals surface area contributed by atoms with Crippen molar-refractivity contribution in [3.63, 3.8) is 0 Å². The van der Waals surface area contributed by atoms with E-state index in [0.29, 0.717) is 16.7 Å². The molecule has 3 aromatic carbocycles. The molecule has 3 rings (SSSR count). The van der Waals surface area contributed by atoms with Crippen molar-refractivity contribution in [2.45, 2.75) is 12.3 Å². The van der Waals surface area contributed by atoms with Crippen LogP contribution in [0.25, 0.3) is 0 Å². The molecule has 0 aliphatic rings. The SMILES string of the molecule is Fc1cccc(NC(=S)NCCC(c2ccccc2)c2ccccc2)c1. The number of benzene rings is 3. The van der Waals surface area contributed by atoms with E-state index in [1.54, 1.807) is 12.1 Å². The highest BCUT2D eigenvalue weighted by Gasteiger charge is 2.13. The summed E-state index contributed by atoms with van der Waals surface area (Å²) in [5, 5.41) is 6.73. The van der Waals surface area contributed by atoms with Gasteiger partial charge in [-0.1, -0.05) is 66.7 Å². The van der Waals surface area contributed by atoms with Crippen LogP contribution in [0.15, 0.2) is 84.9 Å². The molecule has 2 nitrogen and oxygen atoms in total. The highest BCUT2D eigenvalue weighted by molar-refractivity contribution is 7.80. The lowest BCUT2D eigenvalue weighted by Crippen LogP contribution is -2.30. The van der Waals surface area contributed by atoms with Gasteiger partial charge in [0.15, 0.2) is 5.11 Å². The molecular weight excluding hydrogens is 343 g/mol. The monoisotopic (exact) mass is 364 g/mol. The Kier molecular flexibility index (Phi) is 6.34. The van der Waals surface area contributed by atoms with Gasteiger partial charge in [0.25, 0.3) is 0 Å². The van der Waals surface area contributed by atoms with Gasteiger partial charge in [-0.3, -0.25) is 0 Å². The molecule has 0 bridgehead atoms. The highest BCUT2D eigenvalue weighted by Crippen LogP contribution is 2.27. The molecule has 0 atom stereocenters. The predicted molar refractivity (Wildman–Crippen MR) is 110 cm³/mol. The molecule has 0 saturated carbocycles. The minimum atomic E-state index is -0.286. The Balaban J connectivity index is 1.60. The summed E-state index contributed by atoms with van der Waals surface area (Å²) in [6.07, 6.45) is 0.902. The summed E-state index contributed by atoms with van der Waals surface area (Å²) in [6, 6.07) is 27.2. The fourth-order valence-corrected chi connectivity index (χ4v) is 3.19. The van der Waals surface area contributed by atoms with E-state index in [0.717, 1.165) is 13.0 Å². The van der Waals surface area contributed by atoms with Crippen LogP contribution in [0.1, 0.15) is 23.5 Å². The summed E-state index contributed by atoms with van der Waals surface area (Å²) in [7, 11) is 0. The number of hydrogen-bond donors (Lipinski definition) is 2. The molecule has 0 spiro atoms. The fourth-order valence-electron chi connectivity index (χ4n) is 2.97. The Labute approximate surface area is 159 Å². The van der Waals surface area contributed by atoms with Crippen LogP contribution < -0.4 is 10.6 Å². The normalized spacial score (nSPS) is 10.5. The Hall–Kier alpha value is -2.72. The van der Waals surface area contributed by atoms with Crippen LogP contribution in [-0.2, 0) is 0 Å². The Morgan fingerprint density at radius 3 is 2.04 bits per heavy atom. The van der Waals surface area contributed by atoms with E-state index < -0.39 is 0 Å². The standard InChI is InChI=1S/C22H21FN2S/c23-19-12-7-13-20(16-19)25-22(26)24-15-14-21(17-8-3-1-4-9-17)18-10-5-2-6-11-18/h1-13,16,21H,14-15H2,(H2,24,25,26). The van der Waals surface area contributed by atoms with E-state index in [9.17, 15) is 4.39 Å². The molecule has 0 heterocycles. The molecule has 0 saturated heterocycles. The first-order chi connectivity index (χ1) is 12.7. The fraction of sp³-hybridized carbons (Fsp3) is 0.136. The van der Waals surface area contributed by atoms with Gasteiger partial charge in [-0.05, 0) is 48.0 Å². The van der Waals surface area contributed by atoms with Gasteiger partial charge < -0.3 is 10.6 Å². The molecule has 132 valence electrons. The van der Waals surface area contributed by atoms with Gasteiger partial charge in [-0.2, -0.15) is 0 Å². The molecular formula is C22H21FN2S. The summed E-state index contributed by atoms with van der Waals surface area (Å²) in [5.41, 5.74) is 3.21. The molecule has 0 aromatic heterocycles. The average Bonchev–Trinajstić information content (AvgIpc) is 2.67. The maximum absolute atomic E-state index is 13.2. The summed E-state index contributed by atoms with van der Waals surface area (Å²) in [4.78, 5) is 0. The van der Waals surface area contributed by atoms with Crippen molar-refractivity contribution in [1.29, 1.82) is 0 Å². The average molecular weight is 364 g/mol. The molecule has 0 fully saturated rings. The Morgan fingerprint density at radius 2 is 1.46 bits per heavy atom. The second-order valence-electron chi connectivity index (χ2n) is 6.05. The van der Waals surface area contributed by atoms with Gasteiger partial charge in [0.1, 0.15) is 5.82 Å². The summed E-state index contributed by atoms with van der Waals surface area (Å²) >= 11 is 5.32. The number of anilines is 1. The number of nitrogens with one attached hydrogen (secondary N) is 2. The van der Waals surface area contributed by atoms with Crippen molar-refractivity contribution in [3.05, 3.63) is 102 Å². The minimum Gasteiger partial charge on any atom is -0.362 e. The van der Waals surface area contributed by atoms with Crippen molar-refractivity contribution in [2.75, 3.05) is 11.9 Å². The van der Waals surface area contributed by atoms with Gasteiger partial charge >= 0.3 is 0 Å². The van der Waals surface area contributed by atoms with Crippen LogP contribution in [0.2, 0.25) is 0 Å². The third-order valence-electron chi connectivity index (χ3n) is 4.20. The third kappa shape index (κ3) is 5.14. The minimum absolute atomic E-state index is 0.286. The van der Waals surface area contributed by atoms with E-state index >= 15 is 0 Å². The van der Waals surface area contributed by atoms with Crippen LogP contribution in [0.3, 0.4) is 0 Å². The summed E-state index contributed by atoms with van der Waals surface area (Å²) < 4.78 is 13.2. The molecule has 0 radical (unpaired) electrons. The van der Waals surface area contributed by atoms with Crippen LogP contribution in [0, 0.1) is 5.82 Å². The highest BCUT2D eigenvalue weighted by atomic mass is 32.1. The first-order valence-electron chi connectivity index (χ1n) is 8.62. The summed E-state index contributed by atoms with van der Waals surface area (Å²) in [5.74, 6) is 0.00730. The maximum Gasteiger partial charge on any atom is 0.170 e. The van der Waals surface area contributed by atoms with Crippen molar-refractivity contribution in [1.82, 2.24) is 5.32 Å². The largest absolute Gasteiger partial charge is 0.362 e. The Morgan fingerprint density at radius 1 is 0.846 bits per heavy atom. The van der Waals surface area contributed by atoms with Gasteiger partial charge in [-0.25, -0.2) is 4.39 Å². The maximum atomic E-state index is 13.2. The predicted octanol–water partition coefficient (Wildman–Crippen LogP) is 5.33. The number of rotatable bonds is 6. The third-order valence-corrected chi connectivity index (χ3v) is 4.45. The smallest absolute Gasteiger partial charge is 0.170 e. The molecule has 0 aliphatic heterocycles. The van der Waals surface area contributed by atoms with Crippen LogP contribution >= 0.6 is 12.2 Å². The first kappa shape index (κ1) is 18.1. The number of hydrogen-bond acceptors (Lipinski definition) is 1. The molecule has 0 unspecified atom stereocenters. The van der Waals surface area contributed by atoms with E-state index in [1.807, 2.05) is 12.1 Å². The molecule has 26 heavy (non-hydrogen) atoms. The van der Waals surface area contributed by atoms with E-state index in [-0.39, 0.29) is 5.82 Å².